The Balaban J connectivity index is 2.73. The van der Waals surface area contributed by atoms with Crippen LogP contribution in [0, 0.1) is 0 Å². The standard InChI is InChI=1S/C8H10F3N3O/c1-5(4-15)12-7-3-2-6(13-14-7)8(9,10)11/h2-3,5,15H,4H2,1H3,(H,12,14). The Hall–Kier alpha value is -1.37. The van der Waals surface area contributed by atoms with Crippen LogP contribution in [0.15, 0.2) is 12.1 Å². The van der Waals surface area contributed by atoms with Crippen molar-refractivity contribution >= 4 is 5.82 Å². The summed E-state index contributed by atoms with van der Waals surface area (Å²) in [6.07, 6.45) is -4.48. The van der Waals surface area contributed by atoms with Gasteiger partial charge in [-0.15, -0.1) is 10.2 Å². The van der Waals surface area contributed by atoms with Gasteiger partial charge < -0.3 is 10.4 Å². The zero-order valence-electron chi connectivity index (χ0n) is 7.91. The van der Waals surface area contributed by atoms with Crippen molar-refractivity contribution in [2.24, 2.45) is 0 Å². The topological polar surface area (TPSA) is 58.0 Å². The molecule has 0 radical (unpaired) electrons. The number of nitrogens with zero attached hydrogens (tertiary/aromatic N) is 2. The first kappa shape index (κ1) is 11.7. The minimum absolute atomic E-state index is 0.136. The third kappa shape index (κ3) is 3.35. The fourth-order valence-electron chi connectivity index (χ4n) is 0.859. The van der Waals surface area contributed by atoms with E-state index in [1.807, 2.05) is 0 Å². The lowest BCUT2D eigenvalue weighted by Crippen LogP contribution is -2.20. The van der Waals surface area contributed by atoms with Crippen molar-refractivity contribution in [3.05, 3.63) is 17.8 Å². The van der Waals surface area contributed by atoms with Gasteiger partial charge in [0.1, 0.15) is 5.82 Å². The number of alkyl halides is 3. The second-order valence-electron chi connectivity index (χ2n) is 3.03. The van der Waals surface area contributed by atoms with Crippen LogP contribution in [-0.4, -0.2) is 28.0 Å². The molecule has 0 saturated heterocycles. The van der Waals surface area contributed by atoms with E-state index in [0.29, 0.717) is 0 Å². The summed E-state index contributed by atoms with van der Waals surface area (Å²) < 4.78 is 36.3. The van der Waals surface area contributed by atoms with Crippen LogP contribution in [0.4, 0.5) is 19.0 Å². The summed E-state index contributed by atoms with van der Waals surface area (Å²) in [7, 11) is 0. The van der Waals surface area contributed by atoms with E-state index in [9.17, 15) is 13.2 Å². The van der Waals surface area contributed by atoms with Crippen molar-refractivity contribution in [2.45, 2.75) is 19.1 Å². The van der Waals surface area contributed by atoms with E-state index in [0.717, 1.165) is 6.07 Å². The number of halogens is 3. The van der Waals surface area contributed by atoms with Gasteiger partial charge in [-0.2, -0.15) is 13.2 Å². The molecule has 0 amide bonds. The molecule has 1 aromatic heterocycles. The van der Waals surface area contributed by atoms with E-state index in [-0.39, 0.29) is 18.5 Å². The number of hydrogen-bond donors (Lipinski definition) is 2. The number of nitrogens with one attached hydrogen (secondary N) is 1. The minimum Gasteiger partial charge on any atom is -0.394 e. The molecule has 1 rings (SSSR count). The average molecular weight is 221 g/mol. The maximum absolute atomic E-state index is 12.1. The molecular formula is C8H10F3N3O. The predicted octanol–water partition coefficient (Wildman–Crippen LogP) is 1.29. The van der Waals surface area contributed by atoms with E-state index in [1.54, 1.807) is 6.92 Å². The molecule has 15 heavy (non-hydrogen) atoms. The SMILES string of the molecule is CC(CO)Nc1ccc(C(F)(F)F)nn1. The van der Waals surface area contributed by atoms with E-state index in [1.165, 1.54) is 6.07 Å². The van der Waals surface area contributed by atoms with Crippen LogP contribution in [0.3, 0.4) is 0 Å². The minimum atomic E-state index is -4.48. The largest absolute Gasteiger partial charge is 0.435 e. The second kappa shape index (κ2) is 4.43. The van der Waals surface area contributed by atoms with Gasteiger partial charge in [-0.1, -0.05) is 0 Å². The Morgan fingerprint density at radius 3 is 2.47 bits per heavy atom. The Kier molecular flexibility index (Phi) is 3.46. The molecule has 0 bridgehead atoms. The molecule has 0 aromatic carbocycles. The molecule has 0 aliphatic rings. The summed E-state index contributed by atoms with van der Waals surface area (Å²) in [5.74, 6) is 0.199. The molecule has 4 nitrogen and oxygen atoms in total. The van der Waals surface area contributed by atoms with E-state index in [2.05, 4.69) is 15.5 Å². The molecule has 0 fully saturated rings. The number of anilines is 1. The van der Waals surface area contributed by atoms with Gasteiger partial charge >= 0.3 is 6.18 Å². The van der Waals surface area contributed by atoms with E-state index in [4.69, 9.17) is 5.11 Å². The molecular weight excluding hydrogens is 211 g/mol. The monoisotopic (exact) mass is 221 g/mol. The summed E-state index contributed by atoms with van der Waals surface area (Å²) in [6, 6.07) is 1.72. The highest BCUT2D eigenvalue weighted by atomic mass is 19.4. The first-order valence-electron chi connectivity index (χ1n) is 4.22. The van der Waals surface area contributed by atoms with Gasteiger partial charge in [-0.05, 0) is 19.1 Å². The van der Waals surface area contributed by atoms with Crippen molar-refractivity contribution in [3.8, 4) is 0 Å². The normalized spacial score (nSPS) is 13.7. The molecule has 1 unspecified atom stereocenters. The van der Waals surface area contributed by atoms with Crippen molar-refractivity contribution in [1.82, 2.24) is 10.2 Å². The van der Waals surface area contributed by atoms with Crippen LogP contribution in [0.1, 0.15) is 12.6 Å². The lowest BCUT2D eigenvalue weighted by molar-refractivity contribution is -0.141. The number of hydrogen-bond acceptors (Lipinski definition) is 4. The molecule has 0 aliphatic heterocycles. The summed E-state index contributed by atoms with van der Waals surface area (Å²) in [5.41, 5.74) is -1.04. The van der Waals surface area contributed by atoms with Gasteiger partial charge in [0.05, 0.1) is 6.61 Å². The molecule has 0 saturated carbocycles. The first-order valence-corrected chi connectivity index (χ1v) is 4.22. The van der Waals surface area contributed by atoms with Crippen LogP contribution in [0.2, 0.25) is 0 Å². The number of aromatic nitrogens is 2. The molecule has 84 valence electrons. The molecule has 0 aliphatic carbocycles. The zero-order valence-corrected chi connectivity index (χ0v) is 7.91. The number of aliphatic hydroxyl groups is 1. The van der Waals surface area contributed by atoms with Crippen LogP contribution in [0.25, 0.3) is 0 Å². The highest BCUT2D eigenvalue weighted by Gasteiger charge is 2.32. The summed E-state index contributed by atoms with van der Waals surface area (Å²) in [5, 5.41) is 17.7. The molecule has 1 heterocycles. The highest BCUT2D eigenvalue weighted by Crippen LogP contribution is 2.27. The lowest BCUT2D eigenvalue weighted by atomic mass is 10.3. The Labute approximate surface area is 84.1 Å². The molecule has 1 atom stereocenters. The second-order valence-corrected chi connectivity index (χ2v) is 3.03. The van der Waals surface area contributed by atoms with Gasteiger partial charge in [0, 0.05) is 6.04 Å². The molecule has 2 N–H and O–H groups in total. The van der Waals surface area contributed by atoms with Crippen molar-refractivity contribution in [2.75, 3.05) is 11.9 Å². The number of rotatable bonds is 3. The fraction of sp³-hybridized carbons (Fsp3) is 0.500. The smallest absolute Gasteiger partial charge is 0.394 e. The Bertz CT molecular complexity index is 312. The molecule has 7 heteroatoms. The zero-order chi connectivity index (χ0) is 11.5. The summed E-state index contributed by atoms with van der Waals surface area (Å²) in [4.78, 5) is 0. The van der Waals surface area contributed by atoms with Crippen LogP contribution in [0.5, 0.6) is 0 Å². The van der Waals surface area contributed by atoms with Crippen molar-refractivity contribution in [1.29, 1.82) is 0 Å². The van der Waals surface area contributed by atoms with E-state index >= 15 is 0 Å². The summed E-state index contributed by atoms with van der Waals surface area (Å²) in [6.45, 7) is 1.53. The van der Waals surface area contributed by atoms with Gasteiger partial charge in [-0.25, -0.2) is 0 Å². The number of aliphatic hydroxyl groups excluding tert-OH is 1. The van der Waals surface area contributed by atoms with Gasteiger partial charge in [0.25, 0.3) is 0 Å². The fourth-order valence-corrected chi connectivity index (χ4v) is 0.859. The van der Waals surface area contributed by atoms with Gasteiger partial charge in [0.2, 0.25) is 0 Å². The lowest BCUT2D eigenvalue weighted by Gasteiger charge is -2.11. The van der Waals surface area contributed by atoms with Gasteiger partial charge in [-0.3, -0.25) is 0 Å². The Morgan fingerprint density at radius 1 is 1.40 bits per heavy atom. The van der Waals surface area contributed by atoms with Gasteiger partial charge in [0.15, 0.2) is 5.69 Å². The van der Waals surface area contributed by atoms with Crippen LogP contribution < -0.4 is 5.32 Å². The first-order chi connectivity index (χ1) is 6.93. The highest BCUT2D eigenvalue weighted by molar-refractivity contribution is 5.34. The third-order valence-electron chi connectivity index (χ3n) is 1.62. The predicted molar refractivity (Wildman–Crippen MR) is 47.2 cm³/mol. The molecule has 1 aromatic rings. The summed E-state index contributed by atoms with van der Waals surface area (Å²) >= 11 is 0. The maximum Gasteiger partial charge on any atom is 0.435 e. The maximum atomic E-state index is 12.1. The quantitative estimate of drug-likeness (QED) is 0.807. The van der Waals surface area contributed by atoms with Crippen LogP contribution >= 0.6 is 0 Å². The van der Waals surface area contributed by atoms with Crippen LogP contribution in [-0.2, 0) is 6.18 Å². The van der Waals surface area contributed by atoms with Crippen molar-refractivity contribution < 1.29 is 18.3 Å². The Morgan fingerprint density at radius 2 is 2.07 bits per heavy atom. The average Bonchev–Trinajstić information content (AvgIpc) is 2.17. The van der Waals surface area contributed by atoms with E-state index < -0.39 is 11.9 Å². The molecule has 0 spiro atoms. The third-order valence-corrected chi connectivity index (χ3v) is 1.62. The van der Waals surface area contributed by atoms with Crippen molar-refractivity contribution in [3.63, 3.8) is 0 Å².